The van der Waals surface area contributed by atoms with Crippen LogP contribution in [0.1, 0.15) is 18.2 Å². The Morgan fingerprint density at radius 2 is 2.07 bits per heavy atom. The first-order chi connectivity index (χ1) is 6.65. The van der Waals surface area contributed by atoms with Crippen molar-refractivity contribution in [3.8, 4) is 0 Å². The average Bonchev–Trinajstić information content (AvgIpc) is 2.39. The third kappa shape index (κ3) is 1.24. The van der Waals surface area contributed by atoms with Crippen LogP contribution in [-0.2, 0) is 13.5 Å². The zero-order valence-corrected chi connectivity index (χ0v) is 9.52. The average molecular weight is 208 g/mol. The topological polar surface area (TPSA) is 4.93 Å². The Balaban J connectivity index is 2.89. The SMILES string of the molecule is CCc1c(C)n(C)c2ccc(Cl)cc12. The summed E-state index contributed by atoms with van der Waals surface area (Å²) in [4.78, 5) is 0. The normalized spacial score (nSPS) is 11.1. The van der Waals surface area contributed by atoms with E-state index in [0.717, 1.165) is 11.4 Å². The predicted molar refractivity (Wildman–Crippen MR) is 62.0 cm³/mol. The predicted octanol–water partition coefficient (Wildman–Crippen LogP) is 3.70. The van der Waals surface area contributed by atoms with Gasteiger partial charge in [-0.25, -0.2) is 0 Å². The van der Waals surface area contributed by atoms with Gasteiger partial charge in [0.15, 0.2) is 0 Å². The second kappa shape index (κ2) is 3.32. The van der Waals surface area contributed by atoms with Crippen molar-refractivity contribution in [2.45, 2.75) is 20.3 Å². The van der Waals surface area contributed by atoms with Crippen molar-refractivity contribution in [1.82, 2.24) is 4.57 Å². The van der Waals surface area contributed by atoms with Gasteiger partial charge >= 0.3 is 0 Å². The van der Waals surface area contributed by atoms with Crippen LogP contribution < -0.4 is 0 Å². The van der Waals surface area contributed by atoms with Crippen molar-refractivity contribution in [2.75, 3.05) is 0 Å². The number of halogens is 1. The second-order valence-electron chi connectivity index (χ2n) is 3.64. The zero-order valence-electron chi connectivity index (χ0n) is 8.76. The molecule has 2 rings (SSSR count). The van der Waals surface area contributed by atoms with Gasteiger partial charge in [0.1, 0.15) is 0 Å². The minimum absolute atomic E-state index is 0.817. The monoisotopic (exact) mass is 207 g/mol. The summed E-state index contributed by atoms with van der Waals surface area (Å²) in [5.41, 5.74) is 4.01. The number of hydrogen-bond donors (Lipinski definition) is 0. The highest BCUT2D eigenvalue weighted by molar-refractivity contribution is 6.31. The first-order valence-electron chi connectivity index (χ1n) is 4.88. The van der Waals surface area contributed by atoms with Crippen LogP contribution in [0.2, 0.25) is 5.02 Å². The van der Waals surface area contributed by atoms with Crippen molar-refractivity contribution in [2.24, 2.45) is 7.05 Å². The van der Waals surface area contributed by atoms with Crippen molar-refractivity contribution in [3.05, 3.63) is 34.5 Å². The lowest BCUT2D eigenvalue weighted by molar-refractivity contribution is 0.899. The van der Waals surface area contributed by atoms with E-state index in [1.54, 1.807) is 0 Å². The fourth-order valence-corrected chi connectivity index (χ4v) is 2.24. The molecule has 0 unspecified atom stereocenters. The molecule has 0 aliphatic heterocycles. The lowest BCUT2D eigenvalue weighted by Gasteiger charge is -1.98. The molecule has 14 heavy (non-hydrogen) atoms. The van der Waals surface area contributed by atoms with Gasteiger partial charge in [0.2, 0.25) is 0 Å². The summed E-state index contributed by atoms with van der Waals surface area (Å²) in [5.74, 6) is 0. The van der Waals surface area contributed by atoms with Crippen molar-refractivity contribution in [1.29, 1.82) is 0 Å². The lowest BCUT2D eigenvalue weighted by atomic mass is 10.1. The van der Waals surface area contributed by atoms with E-state index in [9.17, 15) is 0 Å². The molecule has 0 atom stereocenters. The van der Waals surface area contributed by atoms with Gasteiger partial charge in [0.05, 0.1) is 0 Å². The van der Waals surface area contributed by atoms with E-state index in [1.165, 1.54) is 22.2 Å². The Bertz CT molecular complexity index is 483. The summed E-state index contributed by atoms with van der Waals surface area (Å²) in [5, 5.41) is 2.11. The van der Waals surface area contributed by atoms with E-state index >= 15 is 0 Å². The molecule has 0 saturated heterocycles. The molecule has 0 bridgehead atoms. The van der Waals surface area contributed by atoms with Gasteiger partial charge in [-0.3, -0.25) is 0 Å². The Kier molecular flexibility index (Phi) is 2.28. The standard InChI is InChI=1S/C12H14ClN/c1-4-10-8(2)14(3)12-6-5-9(13)7-11(10)12/h5-7H,4H2,1-3H3. The van der Waals surface area contributed by atoms with Crippen molar-refractivity contribution in [3.63, 3.8) is 0 Å². The first kappa shape index (κ1) is 9.60. The van der Waals surface area contributed by atoms with Gasteiger partial charge in [-0.05, 0) is 37.1 Å². The quantitative estimate of drug-likeness (QED) is 0.672. The molecule has 0 aliphatic carbocycles. The summed E-state index contributed by atoms with van der Waals surface area (Å²) >= 11 is 6.00. The van der Waals surface area contributed by atoms with E-state index in [1.807, 2.05) is 6.07 Å². The highest BCUT2D eigenvalue weighted by atomic mass is 35.5. The van der Waals surface area contributed by atoms with Crippen LogP contribution in [0, 0.1) is 6.92 Å². The maximum absolute atomic E-state index is 6.00. The molecule has 2 heteroatoms. The molecule has 2 aromatic rings. The van der Waals surface area contributed by atoms with Crippen LogP contribution >= 0.6 is 11.6 Å². The van der Waals surface area contributed by atoms with E-state index in [2.05, 4.69) is 37.6 Å². The molecule has 1 aromatic heterocycles. The lowest BCUT2D eigenvalue weighted by Crippen LogP contribution is -1.91. The van der Waals surface area contributed by atoms with E-state index in [0.29, 0.717) is 0 Å². The Hall–Kier alpha value is -0.950. The summed E-state index contributed by atoms with van der Waals surface area (Å²) < 4.78 is 2.23. The van der Waals surface area contributed by atoms with Crippen LogP contribution in [-0.4, -0.2) is 4.57 Å². The molecule has 1 heterocycles. The van der Waals surface area contributed by atoms with Crippen molar-refractivity contribution < 1.29 is 0 Å². The second-order valence-corrected chi connectivity index (χ2v) is 4.07. The number of aromatic nitrogens is 1. The minimum Gasteiger partial charge on any atom is -0.348 e. The van der Waals surface area contributed by atoms with Gasteiger partial charge in [-0.2, -0.15) is 0 Å². The molecule has 1 aromatic carbocycles. The Labute approximate surface area is 89.3 Å². The van der Waals surface area contributed by atoms with Gasteiger partial charge in [-0.1, -0.05) is 18.5 Å². The highest BCUT2D eigenvalue weighted by Gasteiger charge is 2.09. The highest BCUT2D eigenvalue weighted by Crippen LogP contribution is 2.27. The van der Waals surface area contributed by atoms with Crippen LogP contribution in [0.15, 0.2) is 18.2 Å². The zero-order chi connectivity index (χ0) is 10.3. The molecule has 0 aliphatic rings. The van der Waals surface area contributed by atoms with E-state index in [4.69, 9.17) is 11.6 Å². The summed E-state index contributed by atoms with van der Waals surface area (Å²) in [6.45, 7) is 4.34. The molecular formula is C12H14ClN. The van der Waals surface area contributed by atoms with E-state index in [-0.39, 0.29) is 0 Å². The number of fused-ring (bicyclic) bond motifs is 1. The third-order valence-corrected chi connectivity index (χ3v) is 3.17. The molecule has 0 spiro atoms. The molecule has 0 fully saturated rings. The minimum atomic E-state index is 0.817. The van der Waals surface area contributed by atoms with Crippen LogP contribution in [0.3, 0.4) is 0 Å². The third-order valence-electron chi connectivity index (χ3n) is 2.94. The fraction of sp³-hybridized carbons (Fsp3) is 0.333. The molecule has 0 radical (unpaired) electrons. The number of hydrogen-bond acceptors (Lipinski definition) is 0. The molecular weight excluding hydrogens is 194 g/mol. The molecule has 1 nitrogen and oxygen atoms in total. The van der Waals surface area contributed by atoms with Gasteiger partial charge < -0.3 is 4.57 Å². The van der Waals surface area contributed by atoms with Crippen molar-refractivity contribution >= 4 is 22.5 Å². The summed E-state index contributed by atoms with van der Waals surface area (Å²) in [7, 11) is 2.10. The Morgan fingerprint density at radius 3 is 2.71 bits per heavy atom. The van der Waals surface area contributed by atoms with Gasteiger partial charge in [0, 0.05) is 28.7 Å². The molecule has 74 valence electrons. The first-order valence-corrected chi connectivity index (χ1v) is 5.26. The summed E-state index contributed by atoms with van der Waals surface area (Å²) in [6.07, 6.45) is 1.06. The number of benzene rings is 1. The smallest absolute Gasteiger partial charge is 0.0483 e. The van der Waals surface area contributed by atoms with Gasteiger partial charge in [0.25, 0.3) is 0 Å². The molecule has 0 N–H and O–H groups in total. The maximum Gasteiger partial charge on any atom is 0.0483 e. The Morgan fingerprint density at radius 1 is 1.36 bits per heavy atom. The van der Waals surface area contributed by atoms with E-state index < -0.39 is 0 Å². The molecule has 0 saturated carbocycles. The van der Waals surface area contributed by atoms with Crippen LogP contribution in [0.4, 0.5) is 0 Å². The van der Waals surface area contributed by atoms with Gasteiger partial charge in [-0.15, -0.1) is 0 Å². The number of nitrogens with zero attached hydrogens (tertiary/aromatic N) is 1. The van der Waals surface area contributed by atoms with Crippen LogP contribution in [0.25, 0.3) is 10.9 Å². The maximum atomic E-state index is 6.00. The largest absolute Gasteiger partial charge is 0.348 e. The number of aryl methyl sites for hydroxylation is 2. The fourth-order valence-electron chi connectivity index (χ4n) is 2.07. The van der Waals surface area contributed by atoms with Crippen LogP contribution in [0.5, 0.6) is 0 Å². The number of rotatable bonds is 1. The molecule has 0 amide bonds. The summed E-state index contributed by atoms with van der Waals surface area (Å²) in [6, 6.07) is 6.09.